The minimum Gasteiger partial charge on any atom is -0.494 e. The molecule has 18 nitrogen and oxygen atoms in total. The summed E-state index contributed by atoms with van der Waals surface area (Å²) in [5, 5.41) is 4.96. The summed E-state index contributed by atoms with van der Waals surface area (Å²) in [6, 6.07) is 21.6. The summed E-state index contributed by atoms with van der Waals surface area (Å²) in [6.07, 6.45) is 0. The monoisotopic (exact) mass is 1400 g/mol. The minimum absolute atomic E-state index is 0.0859. The molecule has 3 aliphatic heterocycles. The molecule has 12 aromatic rings. The highest BCUT2D eigenvalue weighted by atomic mass is 19.1. The average molecular weight is 1400 g/mol. The lowest BCUT2D eigenvalue weighted by molar-refractivity contribution is 0.169. The van der Waals surface area contributed by atoms with Gasteiger partial charge in [-0.15, -0.1) is 0 Å². The normalized spacial score (nSPS) is 20.7. The zero-order valence-corrected chi connectivity index (χ0v) is 61.8. The number of hydrogen-bond acceptors (Lipinski definition) is 12. The second-order valence-corrected chi connectivity index (χ2v) is 29.7. The van der Waals surface area contributed by atoms with Crippen molar-refractivity contribution in [3.63, 3.8) is 0 Å². The van der Waals surface area contributed by atoms with E-state index in [1.54, 1.807) is 18.2 Å². The molecule has 0 saturated carbocycles. The van der Waals surface area contributed by atoms with Crippen LogP contribution >= 0.6 is 0 Å². The molecule has 0 radical (unpaired) electrons. The quantitative estimate of drug-likeness (QED) is 0.126. The van der Waals surface area contributed by atoms with Crippen LogP contribution in [0.5, 0.6) is 17.2 Å². The van der Waals surface area contributed by atoms with Crippen LogP contribution in [-0.2, 0) is 0 Å². The number of H-pyrrole nitrogens is 3. The smallest absolute Gasteiger partial charge is 0.199 e. The van der Waals surface area contributed by atoms with Crippen LogP contribution in [0.3, 0.4) is 0 Å². The molecule has 15 rings (SSSR count). The fourth-order valence-corrected chi connectivity index (χ4v) is 16.4. The van der Waals surface area contributed by atoms with Crippen LogP contribution in [0.1, 0.15) is 126 Å². The number of likely N-dealkylation sites (N-methyl/N-ethyl adjacent to an activating group) is 3. The Morgan fingerprint density at radius 3 is 0.931 bits per heavy atom. The Labute approximate surface area is 601 Å². The fraction of sp³-hybridized carbons (Fsp3) is 0.444. The largest absolute Gasteiger partial charge is 0.494 e. The maximum absolute atomic E-state index is 16.7. The summed E-state index contributed by atoms with van der Waals surface area (Å²) in [7, 11) is 4.68. The number of aromatic nitrogens is 6. The summed E-state index contributed by atoms with van der Waals surface area (Å²) in [5.41, 5.74) is 8.59. The van der Waals surface area contributed by atoms with Crippen molar-refractivity contribution < 1.29 is 35.6 Å². The third kappa shape index (κ3) is 11.6. The van der Waals surface area contributed by atoms with Crippen LogP contribution in [-0.4, -0.2) is 161 Å². The van der Waals surface area contributed by atoms with E-state index in [1.807, 2.05) is 178 Å². The number of piperazine rings is 3. The van der Waals surface area contributed by atoms with Gasteiger partial charge >= 0.3 is 0 Å². The van der Waals surface area contributed by atoms with Gasteiger partial charge in [0, 0.05) is 135 Å². The first kappa shape index (κ1) is 63.7. The Balaban J connectivity index is 0.000000143. The van der Waals surface area contributed by atoms with Gasteiger partial charge in [0.15, 0.2) is 33.7 Å². The summed E-state index contributed by atoms with van der Waals surface area (Å²) in [6.45, 7) is 28.9. The Kier molecular flexibility index (Phi) is 16.8. The van der Waals surface area contributed by atoms with Gasteiger partial charge in [0.1, 0.15) is 51.3 Å². The van der Waals surface area contributed by atoms with E-state index in [0.29, 0.717) is 106 Å². The summed E-state index contributed by atoms with van der Waals surface area (Å²) >= 11 is 0. The maximum Gasteiger partial charge on any atom is 0.199 e. The molecular weight excluding hydrogens is 1290 g/mol. The molecule has 6 atom stereocenters. The van der Waals surface area contributed by atoms with Gasteiger partial charge in [0.05, 0.1) is 70.2 Å². The number of nitrogens with one attached hydrogen (secondary N) is 3. The van der Waals surface area contributed by atoms with Gasteiger partial charge in [-0.05, 0) is 178 Å². The molecule has 0 amide bonds. The molecule has 0 aliphatic carbocycles. The average Bonchev–Trinajstić information content (AvgIpc) is 1.44. The number of fused-ring (bicyclic) bond motifs is 12. The number of aromatic amines is 3. The molecule has 3 aliphatic rings. The van der Waals surface area contributed by atoms with Crippen molar-refractivity contribution in [3.8, 4) is 17.2 Å². The van der Waals surface area contributed by atoms with Crippen molar-refractivity contribution in [1.82, 2.24) is 43.4 Å². The predicted molar refractivity (Wildman–Crippen MR) is 414 cm³/mol. The van der Waals surface area contributed by atoms with Gasteiger partial charge in [-0.2, -0.15) is 0 Å². The van der Waals surface area contributed by atoms with Crippen LogP contribution in [0.4, 0.5) is 30.2 Å². The highest BCUT2D eigenvalue weighted by molar-refractivity contribution is 6.13. The summed E-state index contributed by atoms with van der Waals surface area (Å²) < 4.78 is 120. The van der Waals surface area contributed by atoms with Crippen LogP contribution in [0, 0.1) is 38.2 Å². The van der Waals surface area contributed by atoms with Gasteiger partial charge in [0.25, 0.3) is 0 Å². The zero-order chi connectivity index (χ0) is 78.2. The van der Waals surface area contributed by atoms with E-state index >= 15 is 13.2 Å². The second-order valence-electron chi connectivity index (χ2n) is 29.7. The van der Waals surface area contributed by atoms with Crippen LogP contribution in [0.25, 0.3) is 98.5 Å². The molecule has 9 heterocycles. The number of rotatable bonds is 9. The number of nitrogens with zero attached hydrogens (tertiary/aromatic N) is 9. The number of hydrogen-bond donors (Lipinski definition) is 3. The Hall–Kier alpha value is -9.18. The van der Waals surface area contributed by atoms with Gasteiger partial charge in [-0.25, -0.2) is 13.2 Å². The minimum atomic E-state index is -2.24. The number of ether oxygens (including phenoxy) is 3. The molecule has 0 spiro atoms. The zero-order valence-electron chi connectivity index (χ0n) is 67.8. The van der Waals surface area contributed by atoms with E-state index < -0.39 is 31.4 Å². The van der Waals surface area contributed by atoms with Crippen LogP contribution < -0.4 is 45.2 Å². The third-order valence-electron chi connectivity index (χ3n) is 21.4. The van der Waals surface area contributed by atoms with Crippen LogP contribution in [0.15, 0.2) is 87.2 Å². The van der Waals surface area contributed by atoms with Gasteiger partial charge in [-0.3, -0.25) is 29.1 Å². The van der Waals surface area contributed by atoms with Gasteiger partial charge < -0.3 is 57.6 Å². The molecule has 540 valence electrons. The van der Waals surface area contributed by atoms with E-state index in [9.17, 15) is 14.4 Å². The van der Waals surface area contributed by atoms with Crippen molar-refractivity contribution in [2.75, 3.05) is 96.3 Å². The summed E-state index contributed by atoms with van der Waals surface area (Å²) in [5.74, 6) is -0.554. The van der Waals surface area contributed by atoms with Crippen molar-refractivity contribution in [2.24, 2.45) is 0 Å². The van der Waals surface area contributed by atoms with E-state index in [4.69, 9.17) is 22.4 Å². The third-order valence-corrected chi connectivity index (χ3v) is 21.4. The first-order valence-electron chi connectivity index (χ1n) is 38.7. The number of halogens is 3. The summed E-state index contributed by atoms with van der Waals surface area (Å²) in [4.78, 5) is 62.9. The van der Waals surface area contributed by atoms with Gasteiger partial charge in [-0.1, -0.05) is 36.4 Å². The highest BCUT2D eigenvalue weighted by Crippen LogP contribution is 2.45. The number of pyridine rings is 3. The molecule has 6 aromatic carbocycles. The van der Waals surface area contributed by atoms with Crippen molar-refractivity contribution in [3.05, 3.63) is 138 Å². The first-order valence-corrected chi connectivity index (χ1v) is 35.4. The van der Waals surface area contributed by atoms with E-state index in [2.05, 4.69) is 33.7 Å². The van der Waals surface area contributed by atoms with E-state index in [1.165, 1.54) is 26.2 Å². The van der Waals surface area contributed by atoms with E-state index in [0.717, 1.165) is 49.4 Å². The first-order chi connectivity index (χ1) is 51.1. The molecule has 21 heteroatoms. The van der Waals surface area contributed by atoms with Crippen molar-refractivity contribution in [1.29, 1.82) is 0 Å². The number of benzene rings is 6. The number of aryl methyl sites for hydroxylation is 3. The van der Waals surface area contributed by atoms with Gasteiger partial charge in [0.2, 0.25) is 0 Å². The van der Waals surface area contributed by atoms with Crippen LogP contribution in [0.2, 0.25) is 0 Å². The van der Waals surface area contributed by atoms with Crippen molar-refractivity contribution >= 4 is 116 Å². The number of anilines is 3. The molecule has 3 fully saturated rings. The second kappa shape index (κ2) is 26.9. The molecule has 102 heavy (non-hydrogen) atoms. The standard InChI is InChI=1S/3C27H33FN4O2/c3*1-14(2)32-24-19(26(33)22-18-9-8-15(3)10-20(18)29-27(22)32)11-21(34-7)25(23(24)28)31-12-16(4)30(6)17(5)13-31/h3*8-11,14,16-17,29H,12-13H2,1-7H3/t3*16-,17+/i6D3;6D2;6D. The predicted octanol–water partition coefficient (Wildman–Crippen LogP) is 15.6. The molecule has 0 unspecified atom stereocenters. The molecule has 6 aromatic heterocycles. The molecule has 0 bridgehead atoms. The fourth-order valence-electron chi connectivity index (χ4n) is 16.4. The lowest BCUT2D eigenvalue weighted by Gasteiger charge is -2.44. The molecular formula is C81H99F3N12O6. The topological polar surface area (TPSA) is 160 Å². The Morgan fingerprint density at radius 1 is 0.412 bits per heavy atom. The molecule has 3 N–H and O–H groups in total. The molecule has 3 saturated heterocycles. The van der Waals surface area contributed by atoms with E-state index in [-0.39, 0.29) is 111 Å². The SMILES string of the molecule is [2H]C([2H])([2H])N1[C@H](C)CN(c2c(OC)cc3c(=O)c4c5ccc(C)cc5[nH]c4n(C(C)C)c3c2F)C[C@@H]1C.[2H]C([2H])N1[C@H](C)CN(c2c(OC)cc3c(=O)c4c5ccc(C)cc5[nH]c4n(C(C)C)c3c2F)C[C@@H]1C.[2H]CN1[C@H](C)CN(c2c(OC)cc3c(=O)c4c5ccc(C)cc5[nH]c4n(C(C)C)c3c2F)C[C@@H]1C. The lowest BCUT2D eigenvalue weighted by atomic mass is 10.0. The Morgan fingerprint density at radius 2 is 0.686 bits per heavy atom. The number of methoxy groups -OCH3 is 3. The Bertz CT molecular complexity index is 5710. The van der Waals surface area contributed by atoms with Crippen molar-refractivity contribution in [2.45, 2.75) is 158 Å². The maximum atomic E-state index is 16.7. The lowest BCUT2D eigenvalue weighted by Crippen LogP contribution is -2.55. The highest BCUT2D eigenvalue weighted by Gasteiger charge is 2.37.